The van der Waals surface area contributed by atoms with Gasteiger partial charge in [-0.2, -0.15) is 0 Å². The molecule has 2 atom stereocenters. The van der Waals surface area contributed by atoms with Crippen LogP contribution < -0.4 is 4.74 Å². The third kappa shape index (κ3) is 5.41. The van der Waals surface area contributed by atoms with Crippen LogP contribution in [0.3, 0.4) is 0 Å². The Hall–Kier alpha value is -2.29. The molecule has 0 radical (unpaired) electrons. The van der Waals surface area contributed by atoms with Gasteiger partial charge in [-0.3, -0.25) is 0 Å². The Morgan fingerprint density at radius 3 is 2.48 bits per heavy atom. The minimum atomic E-state index is -0.844. The van der Waals surface area contributed by atoms with Gasteiger partial charge in [-0.15, -0.1) is 0 Å². The monoisotopic (exact) mass is 394 g/mol. The number of ether oxygens (including phenoxy) is 1. The van der Waals surface area contributed by atoms with Gasteiger partial charge in [0.1, 0.15) is 5.75 Å². The van der Waals surface area contributed by atoms with Crippen molar-refractivity contribution in [3.63, 3.8) is 0 Å². The number of aromatic carboxylic acids is 1. The maximum absolute atomic E-state index is 11.4. The summed E-state index contributed by atoms with van der Waals surface area (Å²) >= 11 is 0. The summed E-state index contributed by atoms with van der Waals surface area (Å²) in [6, 6.07) is 14.2. The number of rotatable bonds is 10. The van der Waals surface area contributed by atoms with E-state index in [1.165, 1.54) is 55.2 Å². The summed E-state index contributed by atoms with van der Waals surface area (Å²) in [4.78, 5) is 11.4. The van der Waals surface area contributed by atoms with Crippen LogP contribution >= 0.6 is 0 Å². The highest BCUT2D eigenvalue weighted by Crippen LogP contribution is 2.43. The Balaban J connectivity index is 1.85. The van der Waals surface area contributed by atoms with Crippen LogP contribution in [0.15, 0.2) is 42.5 Å². The average Bonchev–Trinajstić information content (AvgIpc) is 2.74. The molecule has 0 saturated carbocycles. The van der Waals surface area contributed by atoms with Gasteiger partial charge in [0, 0.05) is 5.92 Å². The molecule has 3 rings (SSSR count). The molecule has 0 spiro atoms. The number of carbonyl (C=O) groups is 1. The number of carboxylic acids is 1. The molecule has 0 aromatic heterocycles. The van der Waals surface area contributed by atoms with Crippen molar-refractivity contribution in [3.8, 4) is 5.75 Å². The Bertz CT molecular complexity index is 794. The van der Waals surface area contributed by atoms with E-state index in [4.69, 9.17) is 4.74 Å². The van der Waals surface area contributed by atoms with E-state index >= 15 is 0 Å². The van der Waals surface area contributed by atoms with E-state index < -0.39 is 5.97 Å². The molecule has 2 aromatic carbocycles. The fourth-order valence-corrected chi connectivity index (χ4v) is 4.73. The molecule has 0 saturated heterocycles. The number of unbranched alkanes of at least 4 members (excludes halogenated alkanes) is 4. The van der Waals surface area contributed by atoms with Gasteiger partial charge < -0.3 is 9.84 Å². The van der Waals surface area contributed by atoms with E-state index in [9.17, 15) is 9.90 Å². The maximum atomic E-state index is 11.4. The molecule has 0 amide bonds. The lowest BCUT2D eigenvalue weighted by molar-refractivity contribution is 0.0696. The first-order valence-electron chi connectivity index (χ1n) is 11.2. The predicted molar refractivity (Wildman–Crippen MR) is 118 cm³/mol. The van der Waals surface area contributed by atoms with Crippen molar-refractivity contribution in [2.75, 3.05) is 6.61 Å². The highest BCUT2D eigenvalue weighted by atomic mass is 16.5. The third-order valence-corrected chi connectivity index (χ3v) is 6.21. The normalized spacial score (nSPS) is 18.3. The molecular weight excluding hydrogens is 360 g/mol. The van der Waals surface area contributed by atoms with Crippen LogP contribution in [0, 0.1) is 5.92 Å². The van der Waals surface area contributed by atoms with E-state index in [1.807, 2.05) is 13.0 Å². The summed E-state index contributed by atoms with van der Waals surface area (Å²) < 4.78 is 5.62. The highest BCUT2D eigenvalue weighted by Gasteiger charge is 2.31. The first-order valence-corrected chi connectivity index (χ1v) is 11.2. The molecule has 3 nitrogen and oxygen atoms in total. The van der Waals surface area contributed by atoms with Crippen molar-refractivity contribution >= 4 is 5.97 Å². The number of hydrogen-bond acceptors (Lipinski definition) is 2. The largest absolute Gasteiger partial charge is 0.494 e. The lowest BCUT2D eigenvalue weighted by Crippen LogP contribution is -2.22. The maximum Gasteiger partial charge on any atom is 0.335 e. The van der Waals surface area contributed by atoms with E-state index in [2.05, 4.69) is 37.3 Å². The van der Waals surface area contributed by atoms with Gasteiger partial charge in [0.05, 0.1) is 12.2 Å². The second-order valence-electron chi connectivity index (χ2n) is 8.20. The molecule has 0 heterocycles. The van der Waals surface area contributed by atoms with Crippen molar-refractivity contribution in [2.24, 2.45) is 5.92 Å². The topological polar surface area (TPSA) is 46.5 Å². The molecule has 29 heavy (non-hydrogen) atoms. The molecule has 0 bridgehead atoms. The van der Waals surface area contributed by atoms with Crippen LogP contribution in [0.25, 0.3) is 0 Å². The standard InChI is InChI=1S/C26H34O3/c1-3-5-6-7-8-9-19-10-11-21-18-22(26(27)28)14-17-24(21)25(19)20-12-15-23(16-13-20)29-4-2/h12-19,25H,3-11H2,1-2H3,(H,27,28). The fourth-order valence-electron chi connectivity index (χ4n) is 4.73. The first kappa shape index (κ1) is 21.4. The third-order valence-electron chi connectivity index (χ3n) is 6.21. The number of aryl methyl sites for hydroxylation is 1. The van der Waals surface area contributed by atoms with Crippen LogP contribution in [0.2, 0.25) is 0 Å². The molecule has 2 unspecified atom stereocenters. The lowest BCUT2D eigenvalue weighted by atomic mass is 9.70. The van der Waals surface area contributed by atoms with Gasteiger partial charge in [0.25, 0.3) is 0 Å². The average molecular weight is 395 g/mol. The zero-order valence-corrected chi connectivity index (χ0v) is 17.8. The van der Waals surface area contributed by atoms with Gasteiger partial charge in [-0.1, -0.05) is 57.2 Å². The Kier molecular flexibility index (Phi) is 7.74. The Labute approximate surface area is 175 Å². The lowest BCUT2D eigenvalue weighted by Gasteiger charge is -2.34. The van der Waals surface area contributed by atoms with Crippen molar-refractivity contribution in [1.82, 2.24) is 0 Å². The van der Waals surface area contributed by atoms with E-state index in [1.54, 1.807) is 6.07 Å². The van der Waals surface area contributed by atoms with Crippen LogP contribution in [0.5, 0.6) is 5.75 Å². The second-order valence-corrected chi connectivity index (χ2v) is 8.20. The zero-order valence-electron chi connectivity index (χ0n) is 17.8. The van der Waals surface area contributed by atoms with Crippen LogP contribution in [-0.2, 0) is 6.42 Å². The number of benzene rings is 2. The molecule has 0 aliphatic heterocycles. The van der Waals surface area contributed by atoms with E-state index in [0.717, 1.165) is 18.6 Å². The van der Waals surface area contributed by atoms with Crippen molar-refractivity contribution in [3.05, 3.63) is 64.7 Å². The molecule has 1 aliphatic carbocycles. The zero-order chi connectivity index (χ0) is 20.6. The Morgan fingerprint density at radius 2 is 1.79 bits per heavy atom. The number of fused-ring (bicyclic) bond motifs is 1. The number of carboxylic acid groups (broad SMARTS) is 1. The summed E-state index contributed by atoms with van der Waals surface area (Å²) in [7, 11) is 0. The summed E-state index contributed by atoms with van der Waals surface area (Å²) in [5.74, 6) is 1.01. The van der Waals surface area contributed by atoms with Crippen molar-refractivity contribution in [2.45, 2.75) is 71.1 Å². The van der Waals surface area contributed by atoms with Gasteiger partial charge in [-0.05, 0) is 73.1 Å². The Morgan fingerprint density at radius 1 is 1.03 bits per heavy atom. The molecule has 1 N–H and O–H groups in total. The quantitative estimate of drug-likeness (QED) is 0.449. The van der Waals surface area contributed by atoms with Gasteiger partial charge in [0.15, 0.2) is 0 Å². The van der Waals surface area contributed by atoms with Crippen LogP contribution in [-0.4, -0.2) is 17.7 Å². The minimum absolute atomic E-state index is 0.337. The van der Waals surface area contributed by atoms with Crippen molar-refractivity contribution < 1.29 is 14.6 Å². The predicted octanol–water partition coefficient (Wildman–Crippen LogP) is 6.84. The summed E-state index contributed by atoms with van der Waals surface area (Å²) in [6.07, 6.45) is 9.86. The molecule has 1 aliphatic rings. The van der Waals surface area contributed by atoms with Gasteiger partial charge >= 0.3 is 5.97 Å². The molecule has 3 heteroatoms. The number of hydrogen-bond donors (Lipinski definition) is 1. The molecule has 156 valence electrons. The minimum Gasteiger partial charge on any atom is -0.494 e. The van der Waals surface area contributed by atoms with Gasteiger partial charge in [-0.25, -0.2) is 4.79 Å². The van der Waals surface area contributed by atoms with Crippen molar-refractivity contribution in [1.29, 1.82) is 0 Å². The summed E-state index contributed by atoms with van der Waals surface area (Å²) in [5, 5.41) is 9.38. The molecular formula is C26H34O3. The van der Waals surface area contributed by atoms with E-state index in [-0.39, 0.29) is 0 Å². The molecule has 0 fully saturated rings. The van der Waals surface area contributed by atoms with Crippen LogP contribution in [0.4, 0.5) is 0 Å². The highest BCUT2D eigenvalue weighted by molar-refractivity contribution is 5.88. The summed E-state index contributed by atoms with van der Waals surface area (Å²) in [5.41, 5.74) is 4.22. The SMILES string of the molecule is CCCCCCCC1CCc2cc(C(=O)O)ccc2C1c1ccc(OCC)cc1. The fraction of sp³-hybridized carbons (Fsp3) is 0.500. The van der Waals surface area contributed by atoms with Gasteiger partial charge in [0.2, 0.25) is 0 Å². The molecule has 2 aromatic rings. The summed E-state index contributed by atoms with van der Waals surface area (Å²) in [6.45, 7) is 4.93. The second kappa shape index (κ2) is 10.5. The van der Waals surface area contributed by atoms with Crippen LogP contribution in [0.1, 0.15) is 91.8 Å². The van der Waals surface area contributed by atoms with E-state index in [0.29, 0.717) is 24.0 Å². The first-order chi connectivity index (χ1) is 14.1. The smallest absolute Gasteiger partial charge is 0.335 e.